The van der Waals surface area contributed by atoms with Gasteiger partial charge in [0.15, 0.2) is 11.5 Å². The Morgan fingerprint density at radius 1 is 1.21 bits per heavy atom. The van der Waals surface area contributed by atoms with Gasteiger partial charge in [-0.25, -0.2) is 4.39 Å². The molecule has 0 saturated heterocycles. The van der Waals surface area contributed by atoms with E-state index in [2.05, 4.69) is 4.99 Å². The Balaban J connectivity index is 2.14. The second-order valence-corrected chi connectivity index (χ2v) is 3.96. The van der Waals surface area contributed by atoms with Gasteiger partial charge in [0.1, 0.15) is 5.82 Å². The number of benzene rings is 2. The number of nitrogens with zero attached hydrogens (tertiary/aromatic N) is 1. The van der Waals surface area contributed by atoms with Crippen LogP contribution >= 0.6 is 0 Å². The number of para-hydroxylation sites is 1. The van der Waals surface area contributed by atoms with Crippen LogP contribution in [0.4, 0.5) is 4.39 Å². The highest BCUT2D eigenvalue weighted by atomic mass is 19.1. The minimum Gasteiger partial charge on any atom is -0.504 e. The number of ether oxygens (including phenoxy) is 1. The van der Waals surface area contributed by atoms with Gasteiger partial charge in [-0.3, -0.25) is 4.99 Å². The molecular weight excluding hydrogens is 245 g/mol. The SMILES string of the molecule is COc1cccc(C=NCc2ccccc2F)c1O. The number of aliphatic imine (C=N–C) groups is 1. The van der Waals surface area contributed by atoms with Gasteiger partial charge in [0, 0.05) is 17.3 Å². The Labute approximate surface area is 111 Å². The number of hydrogen-bond donors (Lipinski definition) is 1. The molecule has 0 aliphatic heterocycles. The van der Waals surface area contributed by atoms with Gasteiger partial charge in [0.25, 0.3) is 0 Å². The largest absolute Gasteiger partial charge is 0.504 e. The molecule has 0 fully saturated rings. The van der Waals surface area contributed by atoms with E-state index in [0.29, 0.717) is 16.9 Å². The minimum atomic E-state index is -0.283. The minimum absolute atomic E-state index is 0.0299. The van der Waals surface area contributed by atoms with Crippen molar-refractivity contribution in [2.24, 2.45) is 4.99 Å². The molecule has 3 nitrogen and oxygen atoms in total. The molecule has 0 bridgehead atoms. The standard InChI is InChI=1S/C15H14FNO2/c1-19-14-8-4-6-12(15(14)18)10-17-9-11-5-2-3-7-13(11)16/h2-8,10,18H,9H2,1H3. The number of rotatable bonds is 4. The molecule has 0 amide bonds. The lowest BCUT2D eigenvalue weighted by Gasteiger charge is -2.05. The van der Waals surface area contributed by atoms with Gasteiger partial charge >= 0.3 is 0 Å². The molecule has 0 aliphatic carbocycles. The summed E-state index contributed by atoms with van der Waals surface area (Å²) < 4.78 is 18.4. The lowest BCUT2D eigenvalue weighted by molar-refractivity contribution is 0.373. The average Bonchev–Trinajstić information content (AvgIpc) is 2.43. The molecule has 0 heterocycles. The van der Waals surface area contributed by atoms with Crippen molar-refractivity contribution in [3.05, 3.63) is 59.4 Å². The Morgan fingerprint density at radius 3 is 2.74 bits per heavy atom. The number of phenolic OH excluding ortho intramolecular Hbond substituents is 1. The molecule has 2 rings (SSSR count). The highest BCUT2D eigenvalue weighted by molar-refractivity contribution is 5.84. The molecule has 0 radical (unpaired) electrons. The maximum atomic E-state index is 13.4. The zero-order chi connectivity index (χ0) is 13.7. The number of phenols is 1. The number of halogens is 1. The Hall–Kier alpha value is -2.36. The van der Waals surface area contributed by atoms with Crippen molar-refractivity contribution in [1.82, 2.24) is 0 Å². The highest BCUT2D eigenvalue weighted by Gasteiger charge is 2.04. The van der Waals surface area contributed by atoms with Crippen LogP contribution in [-0.2, 0) is 6.54 Å². The number of methoxy groups -OCH3 is 1. The number of hydrogen-bond acceptors (Lipinski definition) is 3. The normalized spacial score (nSPS) is 10.8. The van der Waals surface area contributed by atoms with Gasteiger partial charge in [0.05, 0.1) is 13.7 Å². The van der Waals surface area contributed by atoms with E-state index in [9.17, 15) is 9.50 Å². The topological polar surface area (TPSA) is 41.8 Å². The zero-order valence-electron chi connectivity index (χ0n) is 10.5. The van der Waals surface area contributed by atoms with E-state index in [-0.39, 0.29) is 18.1 Å². The summed E-state index contributed by atoms with van der Waals surface area (Å²) in [7, 11) is 1.48. The maximum absolute atomic E-state index is 13.4. The van der Waals surface area contributed by atoms with Crippen molar-refractivity contribution in [2.45, 2.75) is 6.54 Å². The van der Waals surface area contributed by atoms with Crippen molar-refractivity contribution in [1.29, 1.82) is 0 Å². The molecule has 0 saturated carbocycles. The molecule has 1 N–H and O–H groups in total. The van der Waals surface area contributed by atoms with E-state index in [1.807, 2.05) is 0 Å². The molecule has 98 valence electrons. The van der Waals surface area contributed by atoms with Crippen LogP contribution in [0.1, 0.15) is 11.1 Å². The van der Waals surface area contributed by atoms with Crippen LogP contribution in [0.3, 0.4) is 0 Å². The summed E-state index contributed by atoms with van der Waals surface area (Å²) in [6.07, 6.45) is 1.50. The van der Waals surface area contributed by atoms with E-state index in [4.69, 9.17) is 4.74 Å². The predicted molar refractivity (Wildman–Crippen MR) is 72.4 cm³/mol. The first-order chi connectivity index (χ1) is 9.22. The fourth-order valence-electron chi connectivity index (χ4n) is 1.68. The van der Waals surface area contributed by atoms with Gasteiger partial charge < -0.3 is 9.84 Å². The lowest BCUT2D eigenvalue weighted by atomic mass is 10.2. The summed E-state index contributed by atoms with van der Waals surface area (Å²) in [6.45, 7) is 0.226. The van der Waals surface area contributed by atoms with Gasteiger partial charge in [-0.2, -0.15) is 0 Å². The molecule has 4 heteroatoms. The van der Waals surface area contributed by atoms with Gasteiger partial charge in [-0.1, -0.05) is 24.3 Å². The van der Waals surface area contributed by atoms with Crippen molar-refractivity contribution in [2.75, 3.05) is 7.11 Å². The zero-order valence-corrected chi connectivity index (χ0v) is 10.5. The summed E-state index contributed by atoms with van der Waals surface area (Å²) in [6, 6.07) is 11.6. The molecule has 0 aliphatic rings. The Morgan fingerprint density at radius 2 is 2.00 bits per heavy atom. The van der Waals surface area contributed by atoms with Gasteiger partial charge in [-0.15, -0.1) is 0 Å². The third-order valence-electron chi connectivity index (χ3n) is 2.70. The molecule has 19 heavy (non-hydrogen) atoms. The molecule has 2 aromatic carbocycles. The number of aromatic hydroxyl groups is 1. The lowest BCUT2D eigenvalue weighted by Crippen LogP contribution is -1.90. The highest BCUT2D eigenvalue weighted by Crippen LogP contribution is 2.28. The molecule has 2 aromatic rings. The van der Waals surface area contributed by atoms with Crippen LogP contribution < -0.4 is 4.74 Å². The smallest absolute Gasteiger partial charge is 0.166 e. The van der Waals surface area contributed by atoms with Gasteiger partial charge in [-0.05, 0) is 18.2 Å². The van der Waals surface area contributed by atoms with E-state index in [0.717, 1.165) is 0 Å². The van der Waals surface area contributed by atoms with Crippen molar-refractivity contribution in [3.63, 3.8) is 0 Å². The van der Waals surface area contributed by atoms with E-state index in [1.165, 1.54) is 19.4 Å². The summed E-state index contributed by atoms with van der Waals surface area (Å²) in [5.41, 5.74) is 1.05. The van der Waals surface area contributed by atoms with Crippen molar-refractivity contribution in [3.8, 4) is 11.5 Å². The quantitative estimate of drug-likeness (QED) is 0.857. The second-order valence-electron chi connectivity index (χ2n) is 3.96. The van der Waals surface area contributed by atoms with Gasteiger partial charge in [0.2, 0.25) is 0 Å². The van der Waals surface area contributed by atoms with Crippen LogP contribution in [0.25, 0.3) is 0 Å². The maximum Gasteiger partial charge on any atom is 0.166 e. The van der Waals surface area contributed by atoms with Crippen molar-refractivity contribution >= 4 is 6.21 Å². The molecule has 0 atom stereocenters. The average molecular weight is 259 g/mol. The summed E-state index contributed by atoms with van der Waals surface area (Å²) >= 11 is 0. The first-order valence-corrected chi connectivity index (χ1v) is 5.81. The fourth-order valence-corrected chi connectivity index (χ4v) is 1.68. The van der Waals surface area contributed by atoms with Crippen molar-refractivity contribution < 1.29 is 14.2 Å². The van der Waals surface area contributed by atoms with Crippen LogP contribution in [0.5, 0.6) is 11.5 Å². The summed E-state index contributed by atoms with van der Waals surface area (Å²) in [5.74, 6) is 0.131. The van der Waals surface area contributed by atoms with Crippen LogP contribution in [0.15, 0.2) is 47.5 Å². The summed E-state index contributed by atoms with van der Waals surface area (Å²) in [5, 5.41) is 9.85. The Kier molecular flexibility index (Phi) is 4.13. The molecular formula is C15H14FNO2. The first-order valence-electron chi connectivity index (χ1n) is 5.81. The first kappa shape index (κ1) is 13.1. The van der Waals surface area contributed by atoms with Crippen LogP contribution in [0, 0.1) is 5.82 Å². The van der Waals surface area contributed by atoms with Crippen LogP contribution in [-0.4, -0.2) is 18.4 Å². The molecule has 0 aromatic heterocycles. The third kappa shape index (κ3) is 3.10. The third-order valence-corrected chi connectivity index (χ3v) is 2.70. The predicted octanol–water partition coefficient (Wildman–Crippen LogP) is 3.16. The summed E-state index contributed by atoms with van der Waals surface area (Å²) in [4.78, 5) is 4.13. The monoisotopic (exact) mass is 259 g/mol. The Bertz CT molecular complexity index is 596. The molecule has 0 unspecified atom stereocenters. The fraction of sp³-hybridized carbons (Fsp3) is 0.133. The second kappa shape index (κ2) is 6.00. The van der Waals surface area contributed by atoms with E-state index in [1.54, 1.807) is 36.4 Å². The van der Waals surface area contributed by atoms with E-state index >= 15 is 0 Å². The van der Waals surface area contributed by atoms with Crippen LogP contribution in [0.2, 0.25) is 0 Å². The van der Waals surface area contributed by atoms with E-state index < -0.39 is 0 Å². The molecule has 0 spiro atoms.